The normalized spacial score (nSPS) is 11.2. The zero-order valence-corrected chi connectivity index (χ0v) is 14.5. The summed E-state index contributed by atoms with van der Waals surface area (Å²) in [6.45, 7) is 1.26. The smallest absolute Gasteiger partial charge is 0.225 e. The fraction of sp³-hybridized carbons (Fsp3) is 0.286. The lowest BCUT2D eigenvalue weighted by Gasteiger charge is -2.08. The van der Waals surface area contributed by atoms with Crippen LogP contribution in [0.15, 0.2) is 23.4 Å². The van der Waals surface area contributed by atoms with E-state index in [9.17, 15) is 0 Å². The number of nitrogen functional groups attached to an aromatic ring is 2. The maximum absolute atomic E-state index is 6.06. The number of methoxy groups -OCH3 is 1. The number of aromatic nitrogens is 5. The van der Waals surface area contributed by atoms with Crippen LogP contribution < -0.4 is 11.5 Å². The van der Waals surface area contributed by atoms with Crippen molar-refractivity contribution in [3.8, 4) is 0 Å². The first-order valence-corrected chi connectivity index (χ1v) is 8.46. The minimum Gasteiger partial charge on any atom is -0.383 e. The van der Waals surface area contributed by atoms with E-state index >= 15 is 0 Å². The summed E-state index contributed by atoms with van der Waals surface area (Å²) in [6, 6.07) is 5.63. The molecular weight excluding hydrogens is 350 g/mol. The van der Waals surface area contributed by atoms with Gasteiger partial charge in [0.15, 0.2) is 5.16 Å². The number of hydrogen-bond acceptors (Lipinski definition) is 8. The quantitative estimate of drug-likeness (QED) is 0.636. The number of benzene rings is 1. The topological polar surface area (TPSA) is 118 Å². The Morgan fingerprint density at radius 2 is 1.92 bits per heavy atom. The standard InChI is InChI=1S/C14H16ClN7OS/c1-23-5-4-22-10-3-2-8(15)6-9(10)18-14(22)24-7-11-19-12(16)21-13(17)20-11/h2-3,6H,4-5,7H2,1H3,(H4,16,17,19,20,21). The highest BCUT2D eigenvalue weighted by molar-refractivity contribution is 7.98. The van der Waals surface area contributed by atoms with E-state index in [1.807, 2.05) is 18.2 Å². The van der Waals surface area contributed by atoms with Crippen molar-refractivity contribution < 1.29 is 4.74 Å². The van der Waals surface area contributed by atoms with Crippen LogP contribution in [0.4, 0.5) is 11.9 Å². The fourth-order valence-electron chi connectivity index (χ4n) is 2.24. The number of rotatable bonds is 6. The minimum atomic E-state index is 0.109. The summed E-state index contributed by atoms with van der Waals surface area (Å²) in [5.74, 6) is 1.20. The van der Waals surface area contributed by atoms with E-state index in [2.05, 4.69) is 24.5 Å². The molecule has 0 atom stereocenters. The van der Waals surface area contributed by atoms with Crippen molar-refractivity contribution in [2.75, 3.05) is 25.2 Å². The Morgan fingerprint density at radius 1 is 1.17 bits per heavy atom. The molecule has 3 rings (SSSR count). The molecule has 0 bridgehead atoms. The summed E-state index contributed by atoms with van der Waals surface area (Å²) in [5, 5.41) is 1.47. The number of imidazole rings is 1. The molecule has 0 aliphatic rings. The molecule has 2 aromatic heterocycles. The highest BCUT2D eigenvalue weighted by Crippen LogP contribution is 2.28. The van der Waals surface area contributed by atoms with Crippen LogP contribution >= 0.6 is 23.4 Å². The number of halogens is 1. The van der Waals surface area contributed by atoms with Gasteiger partial charge in [-0.15, -0.1) is 0 Å². The molecule has 0 radical (unpaired) electrons. The second kappa shape index (κ2) is 7.20. The van der Waals surface area contributed by atoms with E-state index in [4.69, 9.17) is 27.8 Å². The number of nitrogens with two attached hydrogens (primary N) is 2. The highest BCUT2D eigenvalue weighted by Gasteiger charge is 2.13. The Hall–Kier alpha value is -2.10. The maximum atomic E-state index is 6.06. The fourth-order valence-corrected chi connectivity index (χ4v) is 3.30. The molecule has 0 amide bonds. The number of fused-ring (bicyclic) bond motifs is 1. The summed E-state index contributed by atoms with van der Waals surface area (Å²) in [5.41, 5.74) is 13.0. The molecule has 3 aromatic rings. The summed E-state index contributed by atoms with van der Waals surface area (Å²) >= 11 is 7.55. The number of anilines is 2. The molecule has 0 saturated carbocycles. The molecule has 0 unspecified atom stereocenters. The third kappa shape index (κ3) is 3.69. The van der Waals surface area contributed by atoms with Crippen LogP contribution in [0.25, 0.3) is 11.0 Å². The van der Waals surface area contributed by atoms with Gasteiger partial charge in [0.05, 0.1) is 23.4 Å². The van der Waals surface area contributed by atoms with Crippen LogP contribution in [0.1, 0.15) is 5.82 Å². The van der Waals surface area contributed by atoms with Gasteiger partial charge in [-0.25, -0.2) is 4.98 Å². The second-order valence-corrected chi connectivity index (χ2v) is 6.31. The molecule has 2 heterocycles. The summed E-state index contributed by atoms with van der Waals surface area (Å²) in [4.78, 5) is 16.6. The molecule has 0 fully saturated rings. The summed E-state index contributed by atoms with van der Waals surface area (Å²) in [6.07, 6.45) is 0. The highest BCUT2D eigenvalue weighted by atomic mass is 35.5. The van der Waals surface area contributed by atoms with Crippen molar-refractivity contribution in [2.24, 2.45) is 0 Å². The molecule has 10 heteroatoms. The summed E-state index contributed by atoms with van der Waals surface area (Å²) < 4.78 is 7.26. The first-order valence-electron chi connectivity index (χ1n) is 7.10. The first-order chi connectivity index (χ1) is 11.6. The molecule has 126 valence electrons. The predicted octanol–water partition coefficient (Wildman–Crippen LogP) is 1.98. The van der Waals surface area contributed by atoms with Crippen LogP contribution in [0.5, 0.6) is 0 Å². The molecule has 4 N–H and O–H groups in total. The van der Waals surface area contributed by atoms with Gasteiger partial charge in [-0.3, -0.25) is 0 Å². The lowest BCUT2D eigenvalue weighted by molar-refractivity contribution is 0.186. The van der Waals surface area contributed by atoms with E-state index in [0.29, 0.717) is 29.8 Å². The van der Waals surface area contributed by atoms with Crippen molar-refractivity contribution in [3.63, 3.8) is 0 Å². The van der Waals surface area contributed by atoms with Crippen molar-refractivity contribution in [1.82, 2.24) is 24.5 Å². The maximum Gasteiger partial charge on any atom is 0.225 e. The van der Waals surface area contributed by atoms with Gasteiger partial charge < -0.3 is 20.8 Å². The number of hydrogen-bond donors (Lipinski definition) is 2. The van der Waals surface area contributed by atoms with Gasteiger partial charge in [0, 0.05) is 18.7 Å². The second-order valence-electron chi connectivity index (χ2n) is 4.93. The van der Waals surface area contributed by atoms with E-state index in [-0.39, 0.29) is 11.9 Å². The van der Waals surface area contributed by atoms with Crippen LogP contribution in [0.3, 0.4) is 0 Å². The summed E-state index contributed by atoms with van der Waals surface area (Å²) in [7, 11) is 1.67. The molecule has 0 aliphatic heterocycles. The Kier molecular flexibility index (Phi) is 5.03. The van der Waals surface area contributed by atoms with Crippen LogP contribution in [-0.2, 0) is 17.0 Å². The predicted molar refractivity (Wildman–Crippen MR) is 94.8 cm³/mol. The zero-order valence-electron chi connectivity index (χ0n) is 12.9. The van der Waals surface area contributed by atoms with Gasteiger partial charge in [0.25, 0.3) is 0 Å². The third-order valence-corrected chi connectivity index (χ3v) is 4.45. The van der Waals surface area contributed by atoms with E-state index in [1.165, 1.54) is 11.8 Å². The lowest BCUT2D eigenvalue weighted by Crippen LogP contribution is -2.07. The number of ether oxygens (including phenoxy) is 1. The van der Waals surface area contributed by atoms with Gasteiger partial charge in [0.1, 0.15) is 5.82 Å². The van der Waals surface area contributed by atoms with E-state index < -0.39 is 0 Å². The van der Waals surface area contributed by atoms with Crippen LogP contribution in [-0.4, -0.2) is 38.2 Å². The largest absolute Gasteiger partial charge is 0.383 e. The van der Waals surface area contributed by atoms with Gasteiger partial charge in [0.2, 0.25) is 11.9 Å². The van der Waals surface area contributed by atoms with Crippen molar-refractivity contribution >= 4 is 46.3 Å². The van der Waals surface area contributed by atoms with Crippen molar-refractivity contribution in [2.45, 2.75) is 17.5 Å². The third-order valence-electron chi connectivity index (χ3n) is 3.24. The molecule has 24 heavy (non-hydrogen) atoms. The van der Waals surface area contributed by atoms with E-state index in [0.717, 1.165) is 16.2 Å². The number of nitrogens with zero attached hydrogens (tertiary/aromatic N) is 5. The van der Waals surface area contributed by atoms with E-state index in [1.54, 1.807) is 7.11 Å². The number of thioether (sulfide) groups is 1. The SMILES string of the molecule is COCCn1c(SCc2nc(N)nc(N)n2)nc2cc(Cl)ccc21. The first kappa shape index (κ1) is 16.7. The Balaban J connectivity index is 1.89. The molecule has 0 spiro atoms. The molecular formula is C14H16ClN7OS. The van der Waals surface area contributed by atoms with Crippen LogP contribution in [0.2, 0.25) is 5.02 Å². The Morgan fingerprint density at radius 3 is 2.62 bits per heavy atom. The Bertz CT molecular complexity index is 849. The zero-order chi connectivity index (χ0) is 17.1. The average Bonchev–Trinajstić information content (AvgIpc) is 2.86. The lowest BCUT2D eigenvalue weighted by atomic mass is 10.3. The van der Waals surface area contributed by atoms with Crippen molar-refractivity contribution in [3.05, 3.63) is 29.0 Å². The molecule has 1 aromatic carbocycles. The van der Waals surface area contributed by atoms with Gasteiger partial charge in [-0.2, -0.15) is 15.0 Å². The molecule has 0 saturated heterocycles. The Labute approximate surface area is 147 Å². The van der Waals surface area contributed by atoms with Crippen LogP contribution in [0, 0.1) is 0 Å². The average molecular weight is 366 g/mol. The monoisotopic (exact) mass is 365 g/mol. The molecule has 8 nitrogen and oxygen atoms in total. The van der Waals surface area contributed by atoms with Crippen molar-refractivity contribution in [1.29, 1.82) is 0 Å². The minimum absolute atomic E-state index is 0.109. The van der Waals surface area contributed by atoms with Gasteiger partial charge in [-0.05, 0) is 18.2 Å². The van der Waals surface area contributed by atoms with Gasteiger partial charge >= 0.3 is 0 Å². The van der Waals surface area contributed by atoms with Gasteiger partial charge in [-0.1, -0.05) is 23.4 Å². The molecule has 0 aliphatic carbocycles.